The van der Waals surface area contributed by atoms with Crippen molar-refractivity contribution in [2.24, 2.45) is 5.92 Å². The molecule has 4 atom stereocenters. The second-order valence-electron chi connectivity index (χ2n) is 14.9. The number of esters is 2. The van der Waals surface area contributed by atoms with E-state index in [1.54, 1.807) is 18.2 Å². The molecule has 16 heteroatoms. The lowest BCUT2D eigenvalue weighted by molar-refractivity contribution is -0.161. The molecule has 0 aromatic carbocycles. The number of ether oxygens (including phenoxy) is 2. The lowest BCUT2D eigenvalue weighted by atomic mass is 10.0. The minimum Gasteiger partial charge on any atom is -0.462 e. The van der Waals surface area contributed by atoms with Crippen LogP contribution in [0.15, 0.2) is 48.6 Å². The summed E-state index contributed by atoms with van der Waals surface area (Å²) in [5.41, 5.74) is 0. The Balaban J connectivity index is 4.72. The first-order chi connectivity index (χ1) is 27.6. The maximum atomic E-state index is 12.6. The SMILES string of the molecule is CCCCC/C=C\C/C=C\CC(O)/C=C\C=C\CCCC(=O)O[C@H](COC(=O)CCCCCCCCCCCCC(C)C)COP(=O)(O)OC[C@@H](O)COP(=O)(O)O. The Morgan fingerprint density at radius 3 is 1.86 bits per heavy atom. The van der Waals surface area contributed by atoms with Crippen molar-refractivity contribution in [1.82, 2.24) is 0 Å². The summed E-state index contributed by atoms with van der Waals surface area (Å²) in [6.07, 6.45) is 31.5. The molecule has 0 aliphatic rings. The average molecular weight is 867 g/mol. The molecule has 5 N–H and O–H groups in total. The van der Waals surface area contributed by atoms with Gasteiger partial charge in [0.25, 0.3) is 0 Å². The van der Waals surface area contributed by atoms with Gasteiger partial charge in [-0.05, 0) is 50.9 Å². The van der Waals surface area contributed by atoms with Crippen LogP contribution in [0.25, 0.3) is 0 Å². The number of rotatable bonds is 39. The molecule has 14 nitrogen and oxygen atoms in total. The maximum Gasteiger partial charge on any atom is 0.472 e. The Bertz CT molecular complexity index is 1250. The van der Waals surface area contributed by atoms with E-state index in [1.165, 1.54) is 64.2 Å². The topological polar surface area (TPSA) is 216 Å². The van der Waals surface area contributed by atoms with E-state index in [1.807, 2.05) is 18.2 Å². The van der Waals surface area contributed by atoms with Crippen LogP contribution < -0.4 is 0 Å². The summed E-state index contributed by atoms with van der Waals surface area (Å²) in [6.45, 7) is 3.85. The number of aliphatic hydroxyl groups excluding tert-OH is 2. The number of hydrogen-bond acceptors (Lipinski definition) is 11. The fourth-order valence-corrected chi connectivity index (χ4v) is 6.58. The Morgan fingerprint density at radius 2 is 1.21 bits per heavy atom. The zero-order valence-corrected chi connectivity index (χ0v) is 37.2. The molecular weight excluding hydrogens is 790 g/mol. The predicted octanol–water partition coefficient (Wildman–Crippen LogP) is 9.50. The van der Waals surface area contributed by atoms with Gasteiger partial charge in [0.15, 0.2) is 6.10 Å². The highest BCUT2D eigenvalue weighted by molar-refractivity contribution is 7.47. The second-order valence-corrected chi connectivity index (χ2v) is 17.6. The number of phosphoric acid groups is 2. The smallest absolute Gasteiger partial charge is 0.462 e. The zero-order valence-electron chi connectivity index (χ0n) is 35.4. The highest BCUT2D eigenvalue weighted by Gasteiger charge is 2.28. The van der Waals surface area contributed by atoms with Crippen LogP contribution in [-0.2, 0) is 41.8 Å². The van der Waals surface area contributed by atoms with Crippen LogP contribution in [-0.4, -0.2) is 81.6 Å². The number of allylic oxidation sites excluding steroid dienone is 6. The van der Waals surface area contributed by atoms with E-state index in [-0.39, 0.29) is 12.8 Å². The van der Waals surface area contributed by atoms with Gasteiger partial charge >= 0.3 is 27.6 Å². The molecule has 2 unspecified atom stereocenters. The van der Waals surface area contributed by atoms with Crippen molar-refractivity contribution in [2.45, 2.75) is 174 Å². The van der Waals surface area contributed by atoms with Crippen LogP contribution in [0.3, 0.4) is 0 Å². The molecule has 0 saturated carbocycles. The van der Waals surface area contributed by atoms with E-state index in [2.05, 4.69) is 42.0 Å². The van der Waals surface area contributed by atoms with Gasteiger partial charge in [0.1, 0.15) is 12.7 Å². The number of hydrogen-bond donors (Lipinski definition) is 5. The van der Waals surface area contributed by atoms with Crippen LogP contribution in [0.1, 0.15) is 156 Å². The van der Waals surface area contributed by atoms with Crippen LogP contribution >= 0.6 is 15.6 Å². The highest BCUT2D eigenvalue weighted by Crippen LogP contribution is 2.43. The van der Waals surface area contributed by atoms with Crippen molar-refractivity contribution in [1.29, 1.82) is 0 Å². The standard InChI is InChI=1S/C42H76O14P2/c1-4-5-6-7-8-11-15-19-24-29-38(43)30-25-20-17-22-27-32-42(46)56-40(36-55-58(50,51)54-34-39(44)33-53-57(47,48)49)35-52-41(45)31-26-21-16-13-10-9-12-14-18-23-28-37(2)3/h8,11,17,19-20,24-25,30,37-40,43-44H,4-7,9-10,12-16,18,21-23,26-29,31-36H2,1-3H3,(H,50,51)(H2,47,48,49)/b11-8-,20-17+,24-19-,30-25-/t38?,39-,40+/m0/s1. The summed E-state index contributed by atoms with van der Waals surface area (Å²) < 4.78 is 47.6. The van der Waals surface area contributed by atoms with E-state index < -0.39 is 72.3 Å². The van der Waals surface area contributed by atoms with E-state index in [9.17, 15) is 33.8 Å². The van der Waals surface area contributed by atoms with Crippen LogP contribution in [0.5, 0.6) is 0 Å². The zero-order chi connectivity index (χ0) is 43.3. The minimum absolute atomic E-state index is 0.00382. The Kier molecular flexibility index (Phi) is 35.6. The molecule has 0 fully saturated rings. The normalized spacial score (nSPS) is 15.2. The van der Waals surface area contributed by atoms with Crippen molar-refractivity contribution >= 4 is 27.6 Å². The quantitative estimate of drug-likeness (QED) is 0.0128. The maximum absolute atomic E-state index is 12.6. The van der Waals surface area contributed by atoms with Gasteiger partial charge < -0.3 is 34.4 Å². The molecule has 0 aliphatic heterocycles. The van der Waals surface area contributed by atoms with Crippen LogP contribution in [0, 0.1) is 5.92 Å². The van der Waals surface area contributed by atoms with Crippen LogP contribution in [0.2, 0.25) is 0 Å². The van der Waals surface area contributed by atoms with Crippen molar-refractivity contribution in [3.05, 3.63) is 48.6 Å². The van der Waals surface area contributed by atoms with Gasteiger partial charge in [-0.15, -0.1) is 0 Å². The largest absolute Gasteiger partial charge is 0.472 e. The summed E-state index contributed by atoms with van der Waals surface area (Å²) >= 11 is 0. The third-order valence-electron chi connectivity index (χ3n) is 8.72. The van der Waals surface area contributed by atoms with Gasteiger partial charge in [-0.3, -0.25) is 23.2 Å². The molecular formula is C42H76O14P2. The fraction of sp³-hybridized carbons (Fsp3) is 0.762. The fourth-order valence-electron chi connectivity index (χ4n) is 5.43. The number of unbranched alkanes of at least 4 members (excludes halogenated alkanes) is 13. The molecule has 0 spiro atoms. The molecule has 0 amide bonds. The van der Waals surface area contributed by atoms with Crippen molar-refractivity contribution in [3.8, 4) is 0 Å². The summed E-state index contributed by atoms with van der Waals surface area (Å²) in [4.78, 5) is 52.6. The number of carbonyl (C=O) groups excluding carboxylic acids is 2. The molecule has 338 valence electrons. The monoisotopic (exact) mass is 866 g/mol. The highest BCUT2D eigenvalue weighted by atomic mass is 31.2. The van der Waals surface area contributed by atoms with Crippen molar-refractivity contribution in [2.75, 3.05) is 26.4 Å². The van der Waals surface area contributed by atoms with Gasteiger partial charge in [-0.1, -0.05) is 146 Å². The second kappa shape index (κ2) is 36.9. The van der Waals surface area contributed by atoms with Crippen LogP contribution in [0.4, 0.5) is 0 Å². The third-order valence-corrected chi connectivity index (χ3v) is 10.2. The van der Waals surface area contributed by atoms with E-state index in [4.69, 9.17) is 23.8 Å². The van der Waals surface area contributed by atoms with Gasteiger partial charge in [-0.2, -0.15) is 0 Å². The van der Waals surface area contributed by atoms with Gasteiger partial charge in [0, 0.05) is 12.8 Å². The molecule has 0 aliphatic carbocycles. The van der Waals surface area contributed by atoms with E-state index in [0.717, 1.165) is 38.0 Å². The predicted molar refractivity (Wildman–Crippen MR) is 227 cm³/mol. The first-order valence-electron chi connectivity index (χ1n) is 21.3. The first-order valence-corrected chi connectivity index (χ1v) is 24.3. The van der Waals surface area contributed by atoms with Gasteiger partial charge in [0.05, 0.1) is 25.9 Å². The lowest BCUT2D eigenvalue weighted by Gasteiger charge is -2.20. The van der Waals surface area contributed by atoms with E-state index in [0.29, 0.717) is 25.7 Å². The molecule has 0 aromatic rings. The summed E-state index contributed by atoms with van der Waals surface area (Å²) in [6, 6.07) is 0. The molecule has 0 rings (SSSR count). The molecule has 0 bridgehead atoms. The summed E-state index contributed by atoms with van der Waals surface area (Å²) in [5, 5.41) is 19.9. The van der Waals surface area contributed by atoms with E-state index >= 15 is 0 Å². The number of phosphoric ester groups is 2. The minimum atomic E-state index is -4.88. The molecule has 0 heterocycles. The summed E-state index contributed by atoms with van der Waals surface area (Å²) in [7, 11) is -9.72. The average Bonchev–Trinajstić information content (AvgIpc) is 3.16. The molecule has 0 radical (unpaired) electrons. The van der Waals surface area contributed by atoms with Gasteiger partial charge in [0.2, 0.25) is 0 Å². The molecule has 0 saturated heterocycles. The Labute approximate surface area is 348 Å². The number of aliphatic hydroxyl groups is 2. The third kappa shape index (κ3) is 40.8. The first kappa shape index (κ1) is 56.0. The molecule has 58 heavy (non-hydrogen) atoms. The number of carbonyl (C=O) groups is 2. The van der Waals surface area contributed by atoms with Crippen molar-refractivity contribution < 1.29 is 66.7 Å². The van der Waals surface area contributed by atoms with Gasteiger partial charge in [-0.25, -0.2) is 9.13 Å². The summed E-state index contributed by atoms with van der Waals surface area (Å²) in [5.74, 6) is -0.398. The van der Waals surface area contributed by atoms with Crippen molar-refractivity contribution in [3.63, 3.8) is 0 Å². The Morgan fingerprint density at radius 1 is 0.621 bits per heavy atom. The Hall–Kier alpha value is -1.96. The molecule has 0 aromatic heterocycles. The lowest BCUT2D eigenvalue weighted by Crippen LogP contribution is -2.29.